The fourth-order valence-electron chi connectivity index (χ4n) is 1.47. The number of amides is 1. The van der Waals surface area contributed by atoms with Gasteiger partial charge in [-0.3, -0.25) is 4.79 Å². The Morgan fingerprint density at radius 1 is 1.56 bits per heavy atom. The van der Waals surface area contributed by atoms with Crippen LogP contribution in [0.3, 0.4) is 0 Å². The van der Waals surface area contributed by atoms with Gasteiger partial charge >= 0.3 is 0 Å². The molecule has 1 heterocycles. The van der Waals surface area contributed by atoms with E-state index in [4.69, 9.17) is 16.1 Å². The van der Waals surface area contributed by atoms with Crippen LogP contribution >= 0.6 is 11.6 Å². The number of hydrogen-bond donors (Lipinski definition) is 2. The zero-order valence-corrected chi connectivity index (χ0v) is 11.6. The summed E-state index contributed by atoms with van der Waals surface area (Å²) in [4.78, 5) is 11.6. The highest BCUT2D eigenvalue weighted by Crippen LogP contribution is 2.19. The number of aromatic nitrogens is 1. The number of carbonyl (C=O) groups excluding carboxylic acids is 1. The van der Waals surface area contributed by atoms with Crippen molar-refractivity contribution in [2.24, 2.45) is 5.92 Å². The molecule has 1 aromatic rings. The van der Waals surface area contributed by atoms with Gasteiger partial charge in [0, 0.05) is 12.1 Å². The van der Waals surface area contributed by atoms with Crippen molar-refractivity contribution >= 4 is 17.5 Å². The minimum Gasteiger partial charge on any atom is -0.393 e. The molecule has 2 N–H and O–H groups in total. The molecule has 1 atom stereocenters. The molecular formula is C12H19ClN2O3. The maximum Gasteiger partial charge on any atom is 0.229 e. The Kier molecular flexibility index (Phi) is 5.62. The maximum absolute atomic E-state index is 11.6. The van der Waals surface area contributed by atoms with Crippen molar-refractivity contribution in [2.45, 2.75) is 39.7 Å². The van der Waals surface area contributed by atoms with E-state index in [0.717, 1.165) is 0 Å². The highest BCUT2D eigenvalue weighted by molar-refractivity contribution is 6.29. The predicted octanol–water partition coefficient (Wildman–Crippen LogP) is 1.70. The minimum atomic E-state index is -0.397. The molecule has 0 fully saturated rings. The van der Waals surface area contributed by atoms with Gasteiger partial charge in [0.25, 0.3) is 0 Å². The lowest BCUT2D eigenvalue weighted by atomic mass is 10.0. The molecule has 0 bridgehead atoms. The number of rotatable bonds is 6. The first-order valence-electron chi connectivity index (χ1n) is 5.97. The second-order valence-electron chi connectivity index (χ2n) is 4.65. The van der Waals surface area contributed by atoms with Gasteiger partial charge in [-0.1, -0.05) is 19.0 Å². The number of nitrogens with zero attached hydrogens (tertiary/aromatic N) is 1. The molecule has 0 radical (unpaired) electrons. The van der Waals surface area contributed by atoms with E-state index in [1.807, 2.05) is 13.8 Å². The molecular weight excluding hydrogens is 256 g/mol. The smallest absolute Gasteiger partial charge is 0.229 e. The van der Waals surface area contributed by atoms with E-state index >= 15 is 0 Å². The third kappa shape index (κ3) is 4.31. The first-order chi connectivity index (χ1) is 8.41. The van der Waals surface area contributed by atoms with Gasteiger partial charge in [-0.2, -0.15) is 0 Å². The van der Waals surface area contributed by atoms with Crippen LogP contribution in [-0.2, 0) is 11.2 Å². The Morgan fingerprint density at radius 3 is 2.72 bits per heavy atom. The van der Waals surface area contributed by atoms with E-state index in [9.17, 15) is 9.90 Å². The Balaban J connectivity index is 2.35. The van der Waals surface area contributed by atoms with E-state index in [-0.39, 0.29) is 23.5 Å². The summed E-state index contributed by atoms with van der Waals surface area (Å²) < 4.78 is 4.77. The molecule has 6 heteroatoms. The summed E-state index contributed by atoms with van der Waals surface area (Å²) in [5.74, 6) is 0.0378. The number of nitrogens with one attached hydrogen (secondary N) is 1. The van der Waals surface area contributed by atoms with Crippen molar-refractivity contribution in [3.63, 3.8) is 0 Å². The molecule has 1 unspecified atom stereocenters. The summed E-state index contributed by atoms with van der Waals surface area (Å²) in [6, 6.07) is 0. The lowest BCUT2D eigenvalue weighted by Crippen LogP contribution is -2.29. The Bertz CT molecular complexity index is 385. The zero-order chi connectivity index (χ0) is 13.7. The van der Waals surface area contributed by atoms with Crippen LogP contribution in [0.2, 0.25) is 5.22 Å². The fourth-order valence-corrected chi connectivity index (χ4v) is 1.71. The topological polar surface area (TPSA) is 75.4 Å². The van der Waals surface area contributed by atoms with Crippen LogP contribution in [0.1, 0.15) is 31.5 Å². The molecule has 18 heavy (non-hydrogen) atoms. The van der Waals surface area contributed by atoms with E-state index in [1.54, 1.807) is 6.92 Å². The standard InChI is InChI=1S/C12H19ClN2O3/c1-7(2)10(16)4-5-14-11(17)6-9-8(3)15-18-12(9)13/h7,10,16H,4-6H2,1-3H3,(H,14,17). The number of aliphatic hydroxyl groups excluding tert-OH is 1. The predicted molar refractivity (Wildman–Crippen MR) is 68.4 cm³/mol. The lowest BCUT2D eigenvalue weighted by Gasteiger charge is -2.14. The summed E-state index contributed by atoms with van der Waals surface area (Å²) >= 11 is 5.77. The third-order valence-electron chi connectivity index (χ3n) is 2.81. The number of carbonyl (C=O) groups is 1. The highest BCUT2D eigenvalue weighted by Gasteiger charge is 2.15. The van der Waals surface area contributed by atoms with Crippen LogP contribution in [-0.4, -0.2) is 28.8 Å². The highest BCUT2D eigenvalue weighted by atomic mass is 35.5. The fraction of sp³-hybridized carbons (Fsp3) is 0.667. The van der Waals surface area contributed by atoms with Gasteiger partial charge in [-0.15, -0.1) is 0 Å². The van der Waals surface area contributed by atoms with E-state index in [1.165, 1.54) is 0 Å². The van der Waals surface area contributed by atoms with Gasteiger partial charge in [-0.05, 0) is 30.9 Å². The Labute approximate surface area is 111 Å². The first-order valence-corrected chi connectivity index (χ1v) is 6.35. The van der Waals surface area contributed by atoms with Crippen molar-refractivity contribution in [1.29, 1.82) is 0 Å². The van der Waals surface area contributed by atoms with E-state index in [0.29, 0.717) is 24.2 Å². The Hall–Kier alpha value is -1.07. The SMILES string of the molecule is Cc1noc(Cl)c1CC(=O)NCCC(O)C(C)C. The molecule has 0 aromatic carbocycles. The van der Waals surface area contributed by atoms with Gasteiger partial charge in [-0.25, -0.2) is 0 Å². The van der Waals surface area contributed by atoms with Gasteiger partial charge in [0.2, 0.25) is 11.1 Å². The molecule has 0 aliphatic heterocycles. The van der Waals surface area contributed by atoms with Gasteiger partial charge in [0.05, 0.1) is 18.2 Å². The monoisotopic (exact) mass is 274 g/mol. The summed E-state index contributed by atoms with van der Waals surface area (Å²) in [5.41, 5.74) is 1.23. The van der Waals surface area contributed by atoms with Gasteiger partial charge < -0.3 is 14.9 Å². The molecule has 1 amide bonds. The molecule has 0 saturated heterocycles. The summed E-state index contributed by atoms with van der Waals surface area (Å²) in [6.45, 7) is 6.06. The van der Waals surface area contributed by atoms with Crippen molar-refractivity contribution in [2.75, 3.05) is 6.54 Å². The quantitative estimate of drug-likeness (QED) is 0.828. The van der Waals surface area contributed by atoms with Crippen LogP contribution in [0.25, 0.3) is 0 Å². The van der Waals surface area contributed by atoms with Crippen LogP contribution in [0.5, 0.6) is 0 Å². The molecule has 0 aliphatic carbocycles. The molecule has 102 valence electrons. The molecule has 1 aromatic heterocycles. The lowest BCUT2D eigenvalue weighted by molar-refractivity contribution is -0.120. The second kappa shape index (κ2) is 6.75. The molecule has 5 nitrogen and oxygen atoms in total. The molecule has 0 saturated carbocycles. The minimum absolute atomic E-state index is 0.145. The molecule has 0 aliphatic rings. The van der Waals surface area contributed by atoms with Crippen molar-refractivity contribution in [1.82, 2.24) is 10.5 Å². The second-order valence-corrected chi connectivity index (χ2v) is 4.99. The maximum atomic E-state index is 11.6. The van der Waals surface area contributed by atoms with E-state index < -0.39 is 6.10 Å². The largest absolute Gasteiger partial charge is 0.393 e. The summed E-state index contributed by atoms with van der Waals surface area (Å²) in [5, 5.41) is 16.2. The molecule has 1 rings (SSSR count). The number of hydrogen-bond acceptors (Lipinski definition) is 4. The van der Waals surface area contributed by atoms with Crippen LogP contribution in [0.15, 0.2) is 4.52 Å². The number of aliphatic hydroxyl groups is 1. The van der Waals surface area contributed by atoms with Gasteiger partial charge in [0.1, 0.15) is 0 Å². The summed E-state index contributed by atoms with van der Waals surface area (Å²) in [6.07, 6.45) is 0.289. The average Bonchev–Trinajstić information content (AvgIpc) is 2.60. The van der Waals surface area contributed by atoms with Crippen molar-refractivity contribution in [3.05, 3.63) is 16.5 Å². The average molecular weight is 275 g/mol. The normalized spacial score (nSPS) is 12.8. The van der Waals surface area contributed by atoms with E-state index in [2.05, 4.69) is 10.5 Å². The van der Waals surface area contributed by atoms with Crippen molar-refractivity contribution in [3.8, 4) is 0 Å². The third-order valence-corrected chi connectivity index (χ3v) is 3.10. The summed E-state index contributed by atoms with van der Waals surface area (Å²) in [7, 11) is 0. The number of aryl methyl sites for hydroxylation is 1. The molecule has 0 spiro atoms. The van der Waals surface area contributed by atoms with Crippen LogP contribution in [0, 0.1) is 12.8 Å². The van der Waals surface area contributed by atoms with Gasteiger partial charge in [0.15, 0.2) is 0 Å². The first kappa shape index (κ1) is 15.0. The Morgan fingerprint density at radius 2 is 2.22 bits per heavy atom. The zero-order valence-electron chi connectivity index (χ0n) is 10.9. The number of halogens is 1. The van der Waals surface area contributed by atoms with Crippen LogP contribution < -0.4 is 5.32 Å². The van der Waals surface area contributed by atoms with Crippen molar-refractivity contribution < 1.29 is 14.4 Å². The van der Waals surface area contributed by atoms with Crippen LogP contribution in [0.4, 0.5) is 0 Å².